The molecule has 1 aromatic heterocycles. The Kier molecular flexibility index (Phi) is 7.82. The molecule has 0 unspecified atom stereocenters. The van der Waals surface area contributed by atoms with Gasteiger partial charge in [-0.2, -0.15) is 5.10 Å². The van der Waals surface area contributed by atoms with Gasteiger partial charge in [0.2, 0.25) is 0 Å². The first-order chi connectivity index (χ1) is 10.2. The number of aryl methyl sites for hydroxylation is 2. The van der Waals surface area contributed by atoms with Gasteiger partial charge in [-0.05, 0) is 19.3 Å². The monoisotopic (exact) mass is 295 g/mol. The van der Waals surface area contributed by atoms with Crippen LogP contribution >= 0.6 is 0 Å². The summed E-state index contributed by atoms with van der Waals surface area (Å²) < 4.78 is 7.03. The average molecular weight is 295 g/mol. The predicted molar refractivity (Wildman–Crippen MR) is 86.7 cm³/mol. The molecule has 0 saturated carbocycles. The first-order valence-electron chi connectivity index (χ1n) is 7.64. The summed E-state index contributed by atoms with van der Waals surface area (Å²) in [5.74, 6) is 0.819. The summed E-state index contributed by atoms with van der Waals surface area (Å²) in [6, 6.07) is 0. The maximum atomic E-state index is 5.04. The van der Waals surface area contributed by atoms with E-state index in [1.807, 2.05) is 11.7 Å². The Balaban J connectivity index is 2.60. The van der Waals surface area contributed by atoms with E-state index in [9.17, 15) is 0 Å². The fourth-order valence-electron chi connectivity index (χ4n) is 2.41. The van der Waals surface area contributed by atoms with E-state index in [4.69, 9.17) is 4.74 Å². The molecule has 0 bridgehead atoms. The molecule has 0 aromatic carbocycles. The smallest absolute Gasteiger partial charge is 0.191 e. The van der Waals surface area contributed by atoms with Gasteiger partial charge in [-0.3, -0.25) is 9.67 Å². The summed E-state index contributed by atoms with van der Waals surface area (Å²) in [4.78, 5) is 4.24. The van der Waals surface area contributed by atoms with Crippen LogP contribution in [-0.4, -0.2) is 43.0 Å². The minimum atomic E-state index is 0.754. The van der Waals surface area contributed by atoms with Gasteiger partial charge in [0.1, 0.15) is 0 Å². The Labute approximate surface area is 128 Å². The van der Waals surface area contributed by atoms with Gasteiger partial charge in [-0.25, -0.2) is 0 Å². The molecular formula is C15H29N5O. The molecule has 6 heteroatoms. The van der Waals surface area contributed by atoms with E-state index in [0.717, 1.165) is 50.6 Å². The van der Waals surface area contributed by atoms with E-state index < -0.39 is 0 Å². The summed E-state index contributed by atoms with van der Waals surface area (Å²) >= 11 is 0. The SMILES string of the molecule is CCc1nn(C)c(CC)c1CNC(=NC)NCCCOC. The van der Waals surface area contributed by atoms with Crippen molar-refractivity contribution in [3.63, 3.8) is 0 Å². The van der Waals surface area contributed by atoms with Crippen LogP contribution < -0.4 is 10.6 Å². The normalized spacial score (nSPS) is 11.8. The molecule has 0 aliphatic carbocycles. The third-order valence-corrected chi connectivity index (χ3v) is 3.50. The Morgan fingerprint density at radius 1 is 1.29 bits per heavy atom. The number of ether oxygens (including phenoxy) is 1. The number of rotatable bonds is 8. The molecule has 0 spiro atoms. The standard InChI is InChI=1S/C15H29N5O/c1-6-13-12(14(7-2)20(4)19-13)11-18-15(16-3)17-9-8-10-21-5/h6-11H2,1-5H3,(H2,16,17,18). The molecule has 0 saturated heterocycles. The number of hydrogen-bond acceptors (Lipinski definition) is 3. The summed E-state index contributed by atoms with van der Waals surface area (Å²) in [6.45, 7) is 6.67. The van der Waals surface area contributed by atoms with Gasteiger partial charge in [0.05, 0.1) is 5.69 Å². The summed E-state index contributed by atoms with van der Waals surface area (Å²) in [6.07, 6.45) is 2.90. The molecule has 21 heavy (non-hydrogen) atoms. The van der Waals surface area contributed by atoms with Gasteiger partial charge in [0.25, 0.3) is 0 Å². The van der Waals surface area contributed by atoms with E-state index in [2.05, 4.69) is 34.6 Å². The second-order valence-corrected chi connectivity index (χ2v) is 4.90. The molecule has 0 aliphatic rings. The van der Waals surface area contributed by atoms with Crippen LogP contribution in [-0.2, 0) is 31.2 Å². The van der Waals surface area contributed by atoms with Gasteiger partial charge in [-0.15, -0.1) is 0 Å². The minimum absolute atomic E-state index is 0.754. The summed E-state index contributed by atoms with van der Waals surface area (Å²) in [7, 11) is 5.52. The highest BCUT2D eigenvalue weighted by molar-refractivity contribution is 5.79. The van der Waals surface area contributed by atoms with Crippen LogP contribution in [0.15, 0.2) is 4.99 Å². The van der Waals surface area contributed by atoms with Crippen molar-refractivity contribution in [1.82, 2.24) is 20.4 Å². The van der Waals surface area contributed by atoms with E-state index >= 15 is 0 Å². The molecule has 0 aliphatic heterocycles. The quantitative estimate of drug-likeness (QED) is 0.430. The van der Waals surface area contributed by atoms with Crippen LogP contribution in [0.3, 0.4) is 0 Å². The minimum Gasteiger partial charge on any atom is -0.385 e. The lowest BCUT2D eigenvalue weighted by Gasteiger charge is -2.12. The van der Waals surface area contributed by atoms with E-state index in [1.54, 1.807) is 14.2 Å². The van der Waals surface area contributed by atoms with Crippen molar-refractivity contribution in [2.45, 2.75) is 39.7 Å². The van der Waals surface area contributed by atoms with Crippen LogP contribution in [0, 0.1) is 0 Å². The molecule has 120 valence electrons. The first-order valence-corrected chi connectivity index (χ1v) is 7.64. The number of aromatic nitrogens is 2. The second-order valence-electron chi connectivity index (χ2n) is 4.90. The van der Waals surface area contributed by atoms with Crippen molar-refractivity contribution in [2.24, 2.45) is 12.0 Å². The zero-order valence-electron chi connectivity index (χ0n) is 14.0. The lowest BCUT2D eigenvalue weighted by atomic mass is 10.1. The highest BCUT2D eigenvalue weighted by Gasteiger charge is 2.13. The number of guanidine groups is 1. The molecule has 0 amide bonds. The van der Waals surface area contributed by atoms with E-state index in [0.29, 0.717) is 0 Å². The van der Waals surface area contributed by atoms with Crippen molar-refractivity contribution in [1.29, 1.82) is 0 Å². The Morgan fingerprint density at radius 2 is 2.05 bits per heavy atom. The Hall–Kier alpha value is -1.56. The van der Waals surface area contributed by atoms with Gasteiger partial charge < -0.3 is 15.4 Å². The van der Waals surface area contributed by atoms with Crippen molar-refractivity contribution in [3.8, 4) is 0 Å². The van der Waals surface area contributed by atoms with Crippen LogP contribution in [0.2, 0.25) is 0 Å². The van der Waals surface area contributed by atoms with Gasteiger partial charge in [0.15, 0.2) is 5.96 Å². The van der Waals surface area contributed by atoms with Gasteiger partial charge in [-0.1, -0.05) is 13.8 Å². The first kappa shape index (κ1) is 17.5. The highest BCUT2D eigenvalue weighted by atomic mass is 16.5. The molecule has 2 N–H and O–H groups in total. The second kappa shape index (κ2) is 9.39. The number of nitrogens with zero attached hydrogens (tertiary/aromatic N) is 3. The fraction of sp³-hybridized carbons (Fsp3) is 0.733. The highest BCUT2D eigenvalue weighted by Crippen LogP contribution is 2.14. The maximum Gasteiger partial charge on any atom is 0.191 e. The number of aliphatic imine (C=N–C) groups is 1. The lowest BCUT2D eigenvalue weighted by molar-refractivity contribution is 0.195. The third-order valence-electron chi connectivity index (χ3n) is 3.50. The molecule has 0 radical (unpaired) electrons. The van der Waals surface area contributed by atoms with Crippen molar-refractivity contribution in [3.05, 3.63) is 17.0 Å². The fourth-order valence-corrected chi connectivity index (χ4v) is 2.41. The number of methoxy groups -OCH3 is 1. The number of hydrogen-bond donors (Lipinski definition) is 2. The summed E-state index contributed by atoms with van der Waals surface area (Å²) in [5, 5.41) is 11.2. The van der Waals surface area contributed by atoms with Crippen LogP contribution in [0.5, 0.6) is 0 Å². The summed E-state index contributed by atoms with van der Waals surface area (Å²) in [5.41, 5.74) is 3.74. The largest absolute Gasteiger partial charge is 0.385 e. The molecular weight excluding hydrogens is 266 g/mol. The predicted octanol–water partition coefficient (Wildman–Crippen LogP) is 1.25. The molecule has 1 rings (SSSR count). The van der Waals surface area contributed by atoms with E-state index in [-0.39, 0.29) is 0 Å². The van der Waals surface area contributed by atoms with Crippen molar-refractivity contribution < 1.29 is 4.74 Å². The van der Waals surface area contributed by atoms with Crippen LogP contribution in [0.25, 0.3) is 0 Å². The maximum absolute atomic E-state index is 5.04. The zero-order chi connectivity index (χ0) is 15.7. The van der Waals surface area contributed by atoms with Crippen LogP contribution in [0.1, 0.15) is 37.2 Å². The van der Waals surface area contributed by atoms with Crippen molar-refractivity contribution in [2.75, 3.05) is 27.3 Å². The molecule has 1 heterocycles. The Morgan fingerprint density at radius 3 is 2.62 bits per heavy atom. The number of nitrogens with one attached hydrogen (secondary N) is 2. The lowest BCUT2D eigenvalue weighted by Crippen LogP contribution is -2.37. The molecule has 0 atom stereocenters. The van der Waals surface area contributed by atoms with Gasteiger partial charge in [0, 0.05) is 52.2 Å². The van der Waals surface area contributed by atoms with Gasteiger partial charge >= 0.3 is 0 Å². The Bertz CT molecular complexity index is 453. The molecule has 0 fully saturated rings. The third kappa shape index (κ3) is 5.04. The average Bonchev–Trinajstić information content (AvgIpc) is 2.81. The van der Waals surface area contributed by atoms with Crippen molar-refractivity contribution >= 4 is 5.96 Å². The van der Waals surface area contributed by atoms with Crippen LogP contribution in [0.4, 0.5) is 0 Å². The topological polar surface area (TPSA) is 63.5 Å². The molecule has 6 nitrogen and oxygen atoms in total. The molecule has 1 aromatic rings. The zero-order valence-corrected chi connectivity index (χ0v) is 14.0. The van der Waals surface area contributed by atoms with E-state index in [1.165, 1.54) is 11.3 Å².